The number of nitrogens with zero attached hydrogens (tertiary/aromatic N) is 4. The number of hydrogen-bond donors (Lipinski definition) is 1. The van der Waals surface area contributed by atoms with Gasteiger partial charge in [0.05, 0.1) is 6.54 Å². The summed E-state index contributed by atoms with van der Waals surface area (Å²) in [4.78, 5) is 0. The number of tetrazole rings is 1. The first-order valence-corrected chi connectivity index (χ1v) is 5.96. The van der Waals surface area contributed by atoms with Crippen molar-refractivity contribution in [1.29, 1.82) is 0 Å². The lowest BCUT2D eigenvalue weighted by Gasteiger charge is -2.08. The minimum atomic E-state index is 0.491. The Kier molecular flexibility index (Phi) is 5.34. The van der Waals surface area contributed by atoms with Crippen LogP contribution >= 0.6 is 11.8 Å². The highest BCUT2D eigenvalue weighted by atomic mass is 32.2. The van der Waals surface area contributed by atoms with Crippen LogP contribution in [-0.4, -0.2) is 38.5 Å². The standard InChI is InChI=1S/C9H17N5S/c1-4-7-15-9-11-12-13-14(9)6-5-10-8(2)3/h4,8,10H,1,5-7H2,2-3H3. The van der Waals surface area contributed by atoms with Gasteiger partial charge in [0, 0.05) is 18.3 Å². The van der Waals surface area contributed by atoms with Crippen molar-refractivity contribution in [1.82, 2.24) is 25.5 Å². The van der Waals surface area contributed by atoms with Crippen LogP contribution in [0.1, 0.15) is 13.8 Å². The van der Waals surface area contributed by atoms with Gasteiger partial charge in [0.15, 0.2) is 0 Å². The molecule has 84 valence electrons. The van der Waals surface area contributed by atoms with E-state index in [4.69, 9.17) is 0 Å². The molecule has 0 aromatic carbocycles. The fourth-order valence-electron chi connectivity index (χ4n) is 1.03. The van der Waals surface area contributed by atoms with Crippen LogP contribution in [0.3, 0.4) is 0 Å². The van der Waals surface area contributed by atoms with Gasteiger partial charge in [0.2, 0.25) is 5.16 Å². The molecule has 0 aliphatic heterocycles. The molecule has 0 unspecified atom stereocenters. The third-order valence-corrected chi connectivity index (χ3v) is 2.66. The second-order valence-corrected chi connectivity index (χ2v) is 4.38. The van der Waals surface area contributed by atoms with Gasteiger partial charge in [0.1, 0.15) is 0 Å². The molecular formula is C9H17N5S. The van der Waals surface area contributed by atoms with Crippen LogP contribution in [0.25, 0.3) is 0 Å². The highest BCUT2D eigenvalue weighted by Gasteiger charge is 2.04. The molecule has 5 nitrogen and oxygen atoms in total. The molecule has 0 bridgehead atoms. The molecule has 1 N–H and O–H groups in total. The van der Waals surface area contributed by atoms with E-state index in [0.717, 1.165) is 24.0 Å². The number of aromatic nitrogens is 4. The zero-order valence-corrected chi connectivity index (χ0v) is 10.00. The van der Waals surface area contributed by atoms with Crippen molar-refractivity contribution in [2.45, 2.75) is 31.6 Å². The summed E-state index contributed by atoms with van der Waals surface area (Å²) >= 11 is 1.59. The molecule has 1 aromatic rings. The van der Waals surface area contributed by atoms with Crippen molar-refractivity contribution in [3.63, 3.8) is 0 Å². The summed E-state index contributed by atoms with van der Waals surface area (Å²) in [7, 11) is 0. The summed E-state index contributed by atoms with van der Waals surface area (Å²) in [5, 5.41) is 15.7. The van der Waals surface area contributed by atoms with E-state index >= 15 is 0 Å². The number of thioether (sulfide) groups is 1. The number of rotatable bonds is 7. The fraction of sp³-hybridized carbons (Fsp3) is 0.667. The monoisotopic (exact) mass is 227 g/mol. The van der Waals surface area contributed by atoms with Crippen LogP contribution in [0.5, 0.6) is 0 Å². The summed E-state index contributed by atoms with van der Waals surface area (Å²) in [5.74, 6) is 0.831. The normalized spacial score (nSPS) is 10.9. The Labute approximate surface area is 94.3 Å². The van der Waals surface area contributed by atoms with Crippen molar-refractivity contribution >= 4 is 11.8 Å². The molecule has 0 fully saturated rings. The van der Waals surface area contributed by atoms with Gasteiger partial charge in [-0.15, -0.1) is 11.7 Å². The van der Waals surface area contributed by atoms with Crippen LogP contribution in [0.4, 0.5) is 0 Å². The zero-order chi connectivity index (χ0) is 11.1. The van der Waals surface area contributed by atoms with Crippen LogP contribution < -0.4 is 5.32 Å². The van der Waals surface area contributed by atoms with Gasteiger partial charge in [-0.1, -0.05) is 31.7 Å². The molecule has 0 amide bonds. The van der Waals surface area contributed by atoms with Crippen molar-refractivity contribution < 1.29 is 0 Å². The van der Waals surface area contributed by atoms with Gasteiger partial charge in [-0.25, -0.2) is 4.68 Å². The maximum Gasteiger partial charge on any atom is 0.209 e. The van der Waals surface area contributed by atoms with E-state index in [-0.39, 0.29) is 0 Å². The molecular weight excluding hydrogens is 210 g/mol. The Bertz CT molecular complexity index is 296. The van der Waals surface area contributed by atoms with E-state index in [1.54, 1.807) is 11.8 Å². The average molecular weight is 227 g/mol. The molecule has 0 aliphatic rings. The highest BCUT2D eigenvalue weighted by Crippen LogP contribution is 2.12. The van der Waals surface area contributed by atoms with Crippen molar-refractivity contribution in [3.05, 3.63) is 12.7 Å². The van der Waals surface area contributed by atoms with Gasteiger partial charge >= 0.3 is 0 Å². The summed E-state index contributed by atoms with van der Waals surface area (Å²) in [6.45, 7) is 9.58. The molecule has 6 heteroatoms. The van der Waals surface area contributed by atoms with Gasteiger partial charge in [-0.05, 0) is 10.4 Å². The Morgan fingerprint density at radius 1 is 1.60 bits per heavy atom. The second kappa shape index (κ2) is 6.58. The lowest BCUT2D eigenvalue weighted by molar-refractivity contribution is 0.485. The molecule has 0 saturated carbocycles. The predicted octanol–water partition coefficient (Wildman–Crippen LogP) is 0.949. The topological polar surface area (TPSA) is 55.6 Å². The molecule has 1 rings (SSSR count). The Morgan fingerprint density at radius 2 is 2.40 bits per heavy atom. The van der Waals surface area contributed by atoms with Crippen LogP contribution in [0, 0.1) is 0 Å². The summed E-state index contributed by atoms with van der Waals surface area (Å²) in [5.41, 5.74) is 0. The average Bonchev–Trinajstić information content (AvgIpc) is 2.62. The first-order chi connectivity index (χ1) is 7.24. The SMILES string of the molecule is C=CCSc1nnnn1CCNC(C)C. The Hall–Kier alpha value is -0.880. The molecule has 1 aromatic heterocycles. The minimum Gasteiger partial charge on any atom is -0.313 e. The zero-order valence-electron chi connectivity index (χ0n) is 9.18. The van der Waals surface area contributed by atoms with Gasteiger partial charge in [0.25, 0.3) is 0 Å². The van der Waals surface area contributed by atoms with E-state index in [1.807, 2.05) is 10.8 Å². The molecule has 0 atom stereocenters. The van der Waals surface area contributed by atoms with E-state index in [1.165, 1.54) is 0 Å². The molecule has 0 spiro atoms. The van der Waals surface area contributed by atoms with Crippen molar-refractivity contribution in [2.24, 2.45) is 0 Å². The second-order valence-electron chi connectivity index (χ2n) is 3.39. The van der Waals surface area contributed by atoms with E-state index in [9.17, 15) is 0 Å². The third kappa shape index (κ3) is 4.44. The molecule has 15 heavy (non-hydrogen) atoms. The van der Waals surface area contributed by atoms with E-state index in [2.05, 4.69) is 41.3 Å². The van der Waals surface area contributed by atoms with Crippen molar-refractivity contribution in [2.75, 3.05) is 12.3 Å². The first-order valence-electron chi connectivity index (χ1n) is 4.97. The van der Waals surface area contributed by atoms with Gasteiger partial charge in [-0.3, -0.25) is 0 Å². The summed E-state index contributed by atoms with van der Waals surface area (Å²) in [6, 6.07) is 0.491. The van der Waals surface area contributed by atoms with Crippen LogP contribution in [-0.2, 0) is 6.54 Å². The number of hydrogen-bond acceptors (Lipinski definition) is 5. The van der Waals surface area contributed by atoms with E-state index in [0.29, 0.717) is 6.04 Å². The van der Waals surface area contributed by atoms with E-state index < -0.39 is 0 Å². The predicted molar refractivity (Wildman–Crippen MR) is 61.9 cm³/mol. The number of nitrogens with one attached hydrogen (secondary N) is 1. The Balaban J connectivity index is 2.39. The molecule has 1 heterocycles. The van der Waals surface area contributed by atoms with Crippen molar-refractivity contribution in [3.8, 4) is 0 Å². The largest absolute Gasteiger partial charge is 0.313 e. The third-order valence-electron chi connectivity index (χ3n) is 1.71. The fourth-order valence-corrected chi connectivity index (χ4v) is 1.67. The lowest BCUT2D eigenvalue weighted by atomic mass is 10.4. The Morgan fingerprint density at radius 3 is 3.07 bits per heavy atom. The molecule has 0 saturated heterocycles. The highest BCUT2D eigenvalue weighted by molar-refractivity contribution is 7.99. The summed E-state index contributed by atoms with van der Waals surface area (Å²) in [6.07, 6.45) is 1.84. The lowest BCUT2D eigenvalue weighted by Crippen LogP contribution is -2.27. The van der Waals surface area contributed by atoms with Gasteiger partial charge < -0.3 is 5.32 Å². The van der Waals surface area contributed by atoms with Gasteiger partial charge in [-0.2, -0.15) is 0 Å². The summed E-state index contributed by atoms with van der Waals surface area (Å²) < 4.78 is 1.81. The smallest absolute Gasteiger partial charge is 0.209 e. The van der Waals surface area contributed by atoms with Crippen LogP contribution in [0.15, 0.2) is 17.8 Å². The molecule has 0 radical (unpaired) electrons. The minimum absolute atomic E-state index is 0.491. The molecule has 0 aliphatic carbocycles. The first kappa shape index (κ1) is 12.2. The maximum absolute atomic E-state index is 3.94. The maximum atomic E-state index is 3.94. The van der Waals surface area contributed by atoms with Crippen LogP contribution in [0.2, 0.25) is 0 Å². The quantitative estimate of drug-likeness (QED) is 0.555.